The number of ether oxygens (including phenoxy) is 2. The maximum Gasteiger partial charge on any atom is 0.188 e. The first-order valence-corrected chi connectivity index (χ1v) is 8.46. The summed E-state index contributed by atoms with van der Waals surface area (Å²) in [5.74, 6) is 1.79. The van der Waals surface area contributed by atoms with Crippen LogP contribution in [0.25, 0.3) is 0 Å². The number of rotatable bonds is 7. The van der Waals surface area contributed by atoms with E-state index in [-0.39, 0.29) is 24.0 Å². The second-order valence-electron chi connectivity index (χ2n) is 5.40. The van der Waals surface area contributed by atoms with Crippen molar-refractivity contribution < 1.29 is 9.47 Å². The standard InChI is InChI=1S/C17H22Cl2N4O2.HI/c1-23-12(9-13(18)16(23)19)10-22-17(20)21-7-6-11-4-5-14(24-2)15(8-11)25-3;/h4-5,8-9H,6-7,10H2,1-3H3,(H3,20,21,22);1H. The summed E-state index contributed by atoms with van der Waals surface area (Å²) in [7, 11) is 5.07. The molecule has 0 spiro atoms. The summed E-state index contributed by atoms with van der Waals surface area (Å²) < 4.78 is 12.3. The minimum atomic E-state index is 0. The highest BCUT2D eigenvalue weighted by Gasteiger charge is 2.08. The monoisotopic (exact) mass is 512 g/mol. The van der Waals surface area contributed by atoms with E-state index in [0.717, 1.165) is 17.7 Å². The Morgan fingerprint density at radius 3 is 2.46 bits per heavy atom. The van der Waals surface area contributed by atoms with Crippen LogP contribution >= 0.6 is 47.2 Å². The van der Waals surface area contributed by atoms with Crippen LogP contribution in [0.1, 0.15) is 11.3 Å². The highest BCUT2D eigenvalue weighted by atomic mass is 127. The van der Waals surface area contributed by atoms with Gasteiger partial charge >= 0.3 is 0 Å². The van der Waals surface area contributed by atoms with E-state index in [1.54, 1.807) is 24.9 Å². The van der Waals surface area contributed by atoms with Gasteiger partial charge in [0.25, 0.3) is 0 Å². The quantitative estimate of drug-likeness (QED) is 0.337. The lowest BCUT2D eigenvalue weighted by atomic mass is 10.1. The summed E-state index contributed by atoms with van der Waals surface area (Å²) in [6.45, 7) is 1.05. The number of hydrogen-bond donors (Lipinski definition) is 2. The molecule has 1 aromatic carbocycles. The van der Waals surface area contributed by atoms with Crippen molar-refractivity contribution >= 4 is 53.1 Å². The number of nitrogens with zero attached hydrogens (tertiary/aromatic N) is 2. The summed E-state index contributed by atoms with van der Waals surface area (Å²) in [4.78, 5) is 4.30. The van der Waals surface area contributed by atoms with Crippen LogP contribution < -0.4 is 20.5 Å². The van der Waals surface area contributed by atoms with Gasteiger partial charge in [0.15, 0.2) is 17.5 Å². The molecule has 9 heteroatoms. The molecular formula is C17H23Cl2IN4O2. The number of aromatic nitrogens is 1. The number of methoxy groups -OCH3 is 2. The predicted molar refractivity (Wildman–Crippen MR) is 117 cm³/mol. The van der Waals surface area contributed by atoms with Gasteiger partial charge in [0.2, 0.25) is 0 Å². The molecule has 0 aliphatic carbocycles. The van der Waals surface area contributed by atoms with Gasteiger partial charge in [0.1, 0.15) is 5.15 Å². The number of benzene rings is 1. The van der Waals surface area contributed by atoms with E-state index >= 15 is 0 Å². The second-order valence-corrected chi connectivity index (χ2v) is 6.17. The Hall–Kier alpha value is -1.32. The molecule has 0 bridgehead atoms. The molecule has 1 aromatic heterocycles. The smallest absolute Gasteiger partial charge is 0.188 e. The largest absolute Gasteiger partial charge is 0.493 e. The van der Waals surface area contributed by atoms with Crippen LogP contribution in [0.2, 0.25) is 10.2 Å². The van der Waals surface area contributed by atoms with Gasteiger partial charge in [-0.3, -0.25) is 0 Å². The van der Waals surface area contributed by atoms with Gasteiger partial charge in [-0.05, 0) is 30.2 Å². The number of halogens is 3. The summed E-state index contributed by atoms with van der Waals surface area (Å²) >= 11 is 12.0. The van der Waals surface area contributed by atoms with Crippen molar-refractivity contribution in [3.63, 3.8) is 0 Å². The van der Waals surface area contributed by atoms with Gasteiger partial charge in [-0.1, -0.05) is 29.3 Å². The third-order valence-corrected chi connectivity index (χ3v) is 4.64. The van der Waals surface area contributed by atoms with E-state index in [4.69, 9.17) is 38.4 Å². The lowest BCUT2D eigenvalue weighted by molar-refractivity contribution is 0.354. The highest BCUT2D eigenvalue weighted by Crippen LogP contribution is 2.27. The van der Waals surface area contributed by atoms with E-state index in [2.05, 4.69) is 10.3 Å². The maximum absolute atomic E-state index is 6.03. The Morgan fingerprint density at radius 2 is 1.88 bits per heavy atom. The van der Waals surface area contributed by atoms with E-state index < -0.39 is 0 Å². The summed E-state index contributed by atoms with van der Waals surface area (Å²) in [6.07, 6.45) is 0.776. The first kappa shape index (κ1) is 22.7. The van der Waals surface area contributed by atoms with Crippen molar-refractivity contribution in [2.24, 2.45) is 17.8 Å². The number of hydrogen-bond acceptors (Lipinski definition) is 3. The molecule has 0 radical (unpaired) electrons. The normalized spacial score (nSPS) is 11.0. The Morgan fingerprint density at radius 1 is 1.19 bits per heavy atom. The molecule has 1 heterocycles. The molecule has 0 amide bonds. The minimum absolute atomic E-state index is 0. The zero-order valence-corrected chi connectivity index (χ0v) is 18.7. The zero-order chi connectivity index (χ0) is 18.4. The van der Waals surface area contributed by atoms with Crippen LogP contribution in [0.5, 0.6) is 11.5 Å². The van der Waals surface area contributed by atoms with Gasteiger partial charge < -0.3 is 25.1 Å². The molecule has 0 saturated carbocycles. The van der Waals surface area contributed by atoms with Crippen LogP contribution in [-0.4, -0.2) is 31.3 Å². The predicted octanol–water partition coefficient (Wildman–Crippen LogP) is 3.61. The number of guanidine groups is 1. The molecular weight excluding hydrogens is 490 g/mol. The van der Waals surface area contributed by atoms with Crippen LogP contribution in [0.15, 0.2) is 29.3 Å². The Bertz CT molecular complexity index is 765. The first-order valence-electron chi connectivity index (χ1n) is 7.70. The summed E-state index contributed by atoms with van der Waals surface area (Å²) in [5, 5.41) is 4.09. The highest BCUT2D eigenvalue weighted by molar-refractivity contribution is 14.0. The lowest BCUT2D eigenvalue weighted by Crippen LogP contribution is -2.33. The minimum Gasteiger partial charge on any atom is -0.493 e. The molecule has 6 nitrogen and oxygen atoms in total. The lowest BCUT2D eigenvalue weighted by Gasteiger charge is -2.10. The molecule has 0 aliphatic heterocycles. The molecule has 0 saturated heterocycles. The van der Waals surface area contributed by atoms with Crippen LogP contribution in [0, 0.1) is 0 Å². The Balaban J connectivity index is 0.00000338. The Labute approximate surface area is 180 Å². The molecule has 3 N–H and O–H groups in total. The van der Waals surface area contributed by atoms with E-state index in [1.165, 1.54) is 0 Å². The fourth-order valence-electron chi connectivity index (χ4n) is 2.33. The molecule has 144 valence electrons. The SMILES string of the molecule is COc1ccc(CCNC(N)=NCc2cc(Cl)c(Cl)n2C)cc1OC.I. The summed E-state index contributed by atoms with van der Waals surface area (Å²) in [5.41, 5.74) is 7.90. The van der Waals surface area contributed by atoms with Crippen LogP contribution in [0.4, 0.5) is 0 Å². The van der Waals surface area contributed by atoms with E-state index in [9.17, 15) is 0 Å². The molecule has 2 aromatic rings. The van der Waals surface area contributed by atoms with Gasteiger partial charge in [-0.15, -0.1) is 24.0 Å². The molecule has 2 rings (SSSR count). The van der Waals surface area contributed by atoms with Crippen molar-refractivity contribution in [3.8, 4) is 11.5 Å². The van der Waals surface area contributed by atoms with Crippen LogP contribution in [0.3, 0.4) is 0 Å². The zero-order valence-electron chi connectivity index (χ0n) is 14.9. The molecule has 0 aliphatic rings. The molecule has 0 unspecified atom stereocenters. The Kier molecular flexibility index (Phi) is 9.38. The van der Waals surface area contributed by atoms with Crippen molar-refractivity contribution in [2.75, 3.05) is 20.8 Å². The third kappa shape index (κ3) is 5.85. The van der Waals surface area contributed by atoms with E-state index in [0.29, 0.717) is 40.7 Å². The molecule has 0 atom stereocenters. The van der Waals surface area contributed by atoms with Crippen molar-refractivity contribution in [1.29, 1.82) is 0 Å². The first-order chi connectivity index (χ1) is 12.0. The number of nitrogens with one attached hydrogen (secondary N) is 1. The maximum atomic E-state index is 6.03. The van der Waals surface area contributed by atoms with Gasteiger partial charge in [-0.25, -0.2) is 4.99 Å². The average molecular weight is 513 g/mol. The van der Waals surface area contributed by atoms with Crippen molar-refractivity contribution in [3.05, 3.63) is 45.7 Å². The second kappa shape index (κ2) is 10.7. The molecule has 26 heavy (non-hydrogen) atoms. The third-order valence-electron chi connectivity index (χ3n) is 3.79. The van der Waals surface area contributed by atoms with Crippen molar-refractivity contribution in [1.82, 2.24) is 9.88 Å². The summed E-state index contributed by atoms with van der Waals surface area (Å²) in [6, 6.07) is 7.60. The topological polar surface area (TPSA) is 73.8 Å². The average Bonchev–Trinajstić information content (AvgIpc) is 2.86. The fourth-order valence-corrected chi connectivity index (χ4v) is 2.75. The van der Waals surface area contributed by atoms with E-state index in [1.807, 2.05) is 25.2 Å². The van der Waals surface area contributed by atoms with Crippen molar-refractivity contribution in [2.45, 2.75) is 13.0 Å². The number of aliphatic imine (C=N–C) groups is 1. The van der Waals surface area contributed by atoms with Gasteiger partial charge in [0.05, 0.1) is 25.8 Å². The van der Waals surface area contributed by atoms with Gasteiger partial charge in [-0.2, -0.15) is 0 Å². The fraction of sp³-hybridized carbons (Fsp3) is 0.353. The van der Waals surface area contributed by atoms with Crippen LogP contribution in [-0.2, 0) is 20.0 Å². The molecule has 0 fully saturated rings. The van der Waals surface area contributed by atoms with Gasteiger partial charge in [0, 0.05) is 19.3 Å². The number of nitrogens with two attached hydrogens (primary N) is 1.